The summed E-state index contributed by atoms with van der Waals surface area (Å²) in [5.74, 6) is -0.205. The Labute approximate surface area is 165 Å². The molecule has 0 saturated carbocycles. The zero-order valence-electron chi connectivity index (χ0n) is 15.9. The molecule has 3 aromatic rings. The van der Waals surface area contributed by atoms with Crippen LogP contribution in [0, 0.1) is 0 Å². The molecule has 0 radical (unpaired) electrons. The number of nitrogens with one attached hydrogen (secondary N) is 2. The van der Waals surface area contributed by atoms with E-state index in [1.165, 1.54) is 11.5 Å². The van der Waals surface area contributed by atoms with Crippen molar-refractivity contribution in [3.63, 3.8) is 0 Å². The summed E-state index contributed by atoms with van der Waals surface area (Å²) in [5, 5.41) is 8.10. The molecule has 4 nitrogen and oxygen atoms in total. The molecule has 0 heterocycles. The third-order valence-electron chi connectivity index (χ3n) is 4.69. The van der Waals surface area contributed by atoms with Crippen molar-refractivity contribution in [1.29, 1.82) is 0 Å². The third kappa shape index (κ3) is 5.07. The van der Waals surface area contributed by atoms with Crippen LogP contribution >= 0.6 is 0 Å². The van der Waals surface area contributed by atoms with Crippen LogP contribution < -0.4 is 10.6 Å². The zero-order valence-corrected chi connectivity index (χ0v) is 15.9. The lowest BCUT2D eigenvalue weighted by molar-refractivity contribution is -0.120. The first-order chi connectivity index (χ1) is 13.5. The molecule has 2 amide bonds. The van der Waals surface area contributed by atoms with Gasteiger partial charge in [-0.1, -0.05) is 73.3 Å². The molecule has 0 aromatic heterocycles. The molecular weight excluding hydrogens is 348 g/mol. The molecule has 3 rings (SSSR count). The van der Waals surface area contributed by atoms with Crippen LogP contribution in [0.15, 0.2) is 79.4 Å². The van der Waals surface area contributed by atoms with E-state index in [4.69, 9.17) is 0 Å². The maximum Gasteiger partial charge on any atom is 0.243 e. The molecule has 0 aliphatic carbocycles. The molecule has 1 atom stereocenters. The first kappa shape index (κ1) is 19.4. The van der Waals surface area contributed by atoms with Crippen molar-refractivity contribution in [2.24, 2.45) is 0 Å². The van der Waals surface area contributed by atoms with Gasteiger partial charge < -0.3 is 10.6 Å². The number of fused-ring (bicyclic) bond motifs is 1. The normalized spacial score (nSPS) is 11.6. The van der Waals surface area contributed by atoms with Gasteiger partial charge in [-0.15, -0.1) is 0 Å². The molecule has 0 fully saturated rings. The molecule has 0 bridgehead atoms. The molecule has 0 spiro atoms. The number of hydrogen-bond donors (Lipinski definition) is 2. The van der Waals surface area contributed by atoms with E-state index in [2.05, 4.69) is 35.4 Å². The van der Waals surface area contributed by atoms with Crippen molar-refractivity contribution in [3.05, 3.63) is 96.1 Å². The van der Waals surface area contributed by atoms with E-state index >= 15 is 0 Å². The minimum atomic E-state index is -0.197. The summed E-state index contributed by atoms with van der Waals surface area (Å²) in [6.45, 7) is 5.85. The summed E-state index contributed by atoms with van der Waals surface area (Å²) in [6.07, 6.45) is 1.61. The molecule has 3 aromatic carbocycles. The van der Waals surface area contributed by atoms with Gasteiger partial charge in [-0.2, -0.15) is 0 Å². The maximum absolute atomic E-state index is 12.3. The van der Waals surface area contributed by atoms with Crippen LogP contribution in [-0.4, -0.2) is 11.8 Å². The van der Waals surface area contributed by atoms with Gasteiger partial charge in [-0.05, 0) is 40.5 Å². The number of benzene rings is 3. The molecule has 2 N–H and O–H groups in total. The quantitative estimate of drug-likeness (QED) is 0.615. The predicted octanol–water partition coefficient (Wildman–Crippen LogP) is 4.06. The summed E-state index contributed by atoms with van der Waals surface area (Å²) < 4.78 is 0. The van der Waals surface area contributed by atoms with Crippen LogP contribution in [0.3, 0.4) is 0 Å². The van der Waals surface area contributed by atoms with E-state index in [1.807, 2.05) is 55.5 Å². The minimum Gasteiger partial charge on any atom is -0.352 e. The Morgan fingerprint density at radius 2 is 1.64 bits per heavy atom. The number of amides is 2. The van der Waals surface area contributed by atoms with Crippen molar-refractivity contribution >= 4 is 22.6 Å². The Balaban J connectivity index is 1.53. The fourth-order valence-corrected chi connectivity index (χ4v) is 3.08. The summed E-state index contributed by atoms with van der Waals surface area (Å²) in [7, 11) is 0. The van der Waals surface area contributed by atoms with Gasteiger partial charge in [0.2, 0.25) is 11.8 Å². The molecule has 0 aliphatic rings. The fraction of sp³-hybridized carbons (Fsp3) is 0.167. The monoisotopic (exact) mass is 372 g/mol. The van der Waals surface area contributed by atoms with Crippen LogP contribution in [0.2, 0.25) is 0 Å². The fourth-order valence-electron chi connectivity index (χ4n) is 3.08. The smallest absolute Gasteiger partial charge is 0.243 e. The SMILES string of the molecule is C=CC(=O)NC(C)c1ccc(CNC(=O)Cc2ccc3ccccc3c2)cc1. The molecule has 0 aliphatic heterocycles. The van der Waals surface area contributed by atoms with Crippen LogP contribution in [0.4, 0.5) is 0 Å². The van der Waals surface area contributed by atoms with Gasteiger partial charge >= 0.3 is 0 Å². The highest BCUT2D eigenvalue weighted by molar-refractivity contribution is 5.87. The largest absolute Gasteiger partial charge is 0.352 e. The summed E-state index contributed by atoms with van der Waals surface area (Å²) in [5.41, 5.74) is 3.01. The highest BCUT2D eigenvalue weighted by Gasteiger charge is 2.08. The highest BCUT2D eigenvalue weighted by Crippen LogP contribution is 2.16. The highest BCUT2D eigenvalue weighted by atomic mass is 16.2. The lowest BCUT2D eigenvalue weighted by atomic mass is 10.0. The second kappa shape index (κ2) is 9.00. The van der Waals surface area contributed by atoms with Gasteiger partial charge in [0.1, 0.15) is 0 Å². The van der Waals surface area contributed by atoms with Crippen LogP contribution in [-0.2, 0) is 22.6 Å². The van der Waals surface area contributed by atoms with Crippen molar-refractivity contribution in [1.82, 2.24) is 10.6 Å². The topological polar surface area (TPSA) is 58.2 Å². The van der Waals surface area contributed by atoms with E-state index in [0.29, 0.717) is 13.0 Å². The van der Waals surface area contributed by atoms with Gasteiger partial charge in [-0.3, -0.25) is 9.59 Å². The summed E-state index contributed by atoms with van der Waals surface area (Å²) >= 11 is 0. The lowest BCUT2D eigenvalue weighted by Gasteiger charge is -2.13. The summed E-state index contributed by atoms with van der Waals surface area (Å²) in [4.78, 5) is 23.7. The standard InChI is InChI=1S/C24H24N2O2/c1-3-23(27)26-17(2)20-11-8-18(9-12-20)16-25-24(28)15-19-10-13-21-6-4-5-7-22(21)14-19/h3-14,17H,1,15-16H2,2H3,(H,25,28)(H,26,27). The van der Waals surface area contributed by atoms with E-state index in [1.54, 1.807) is 0 Å². The second-order valence-corrected chi connectivity index (χ2v) is 6.81. The Bertz CT molecular complexity index is 993. The van der Waals surface area contributed by atoms with E-state index in [9.17, 15) is 9.59 Å². The molecular formula is C24H24N2O2. The third-order valence-corrected chi connectivity index (χ3v) is 4.69. The average molecular weight is 372 g/mol. The summed E-state index contributed by atoms with van der Waals surface area (Å²) in [6, 6.07) is 22.0. The van der Waals surface area contributed by atoms with Crippen molar-refractivity contribution in [2.45, 2.75) is 25.9 Å². The number of carbonyl (C=O) groups excluding carboxylic acids is 2. The van der Waals surface area contributed by atoms with Crippen LogP contribution in [0.5, 0.6) is 0 Å². The van der Waals surface area contributed by atoms with Crippen molar-refractivity contribution in [2.75, 3.05) is 0 Å². The Hall–Kier alpha value is -3.40. The molecule has 142 valence electrons. The molecule has 1 unspecified atom stereocenters. The Morgan fingerprint density at radius 1 is 0.964 bits per heavy atom. The average Bonchev–Trinajstić information content (AvgIpc) is 2.72. The van der Waals surface area contributed by atoms with Gasteiger partial charge in [0, 0.05) is 6.54 Å². The molecule has 0 saturated heterocycles. The van der Waals surface area contributed by atoms with Gasteiger partial charge in [0.25, 0.3) is 0 Å². The number of hydrogen-bond acceptors (Lipinski definition) is 2. The number of rotatable bonds is 7. The van der Waals surface area contributed by atoms with Crippen LogP contribution in [0.1, 0.15) is 29.7 Å². The first-order valence-electron chi connectivity index (χ1n) is 9.31. The van der Waals surface area contributed by atoms with Crippen LogP contribution in [0.25, 0.3) is 10.8 Å². The Morgan fingerprint density at radius 3 is 2.36 bits per heavy atom. The maximum atomic E-state index is 12.3. The lowest BCUT2D eigenvalue weighted by Crippen LogP contribution is -2.25. The minimum absolute atomic E-state index is 0.00836. The van der Waals surface area contributed by atoms with E-state index < -0.39 is 0 Å². The van der Waals surface area contributed by atoms with Crippen molar-refractivity contribution in [3.8, 4) is 0 Å². The van der Waals surface area contributed by atoms with E-state index in [0.717, 1.165) is 22.1 Å². The molecule has 4 heteroatoms. The van der Waals surface area contributed by atoms with E-state index in [-0.39, 0.29) is 17.9 Å². The molecule has 28 heavy (non-hydrogen) atoms. The van der Waals surface area contributed by atoms with Gasteiger partial charge in [0.05, 0.1) is 12.5 Å². The van der Waals surface area contributed by atoms with Gasteiger partial charge in [0.15, 0.2) is 0 Å². The zero-order chi connectivity index (χ0) is 19.9. The predicted molar refractivity (Wildman–Crippen MR) is 113 cm³/mol. The Kier molecular flexibility index (Phi) is 6.22. The first-order valence-corrected chi connectivity index (χ1v) is 9.31. The van der Waals surface area contributed by atoms with Crippen molar-refractivity contribution < 1.29 is 9.59 Å². The van der Waals surface area contributed by atoms with Gasteiger partial charge in [-0.25, -0.2) is 0 Å². The number of carbonyl (C=O) groups is 2. The second-order valence-electron chi connectivity index (χ2n) is 6.81.